The molecule has 1 aliphatic rings. The van der Waals surface area contributed by atoms with E-state index in [0.717, 1.165) is 25.2 Å². The van der Waals surface area contributed by atoms with Crippen LogP contribution in [0.4, 0.5) is 0 Å². The molecule has 0 aromatic heterocycles. The molecule has 4 heteroatoms. The lowest BCUT2D eigenvalue weighted by molar-refractivity contribution is -0.124. The van der Waals surface area contributed by atoms with Crippen LogP contribution in [-0.2, 0) is 4.79 Å². The maximum absolute atomic E-state index is 11.2. The lowest BCUT2D eigenvalue weighted by Crippen LogP contribution is -2.49. The Kier molecular flexibility index (Phi) is 3.76. The van der Waals surface area contributed by atoms with E-state index in [1.807, 2.05) is 0 Å². The number of carbonyl (C=O) groups is 1. The van der Waals surface area contributed by atoms with E-state index < -0.39 is 0 Å². The fourth-order valence-corrected chi connectivity index (χ4v) is 2.04. The van der Waals surface area contributed by atoms with Gasteiger partial charge in [-0.1, -0.05) is 29.8 Å². The molecule has 1 unspecified atom stereocenters. The van der Waals surface area contributed by atoms with Crippen molar-refractivity contribution in [1.82, 2.24) is 10.2 Å². The minimum Gasteiger partial charge on any atom is -0.354 e. The Morgan fingerprint density at radius 3 is 2.76 bits per heavy atom. The summed E-state index contributed by atoms with van der Waals surface area (Å²) in [5.41, 5.74) is 8.51. The highest BCUT2D eigenvalue weighted by atomic mass is 16.2. The first-order valence-electron chi connectivity index (χ1n) is 5.96. The number of carbonyl (C=O) groups excluding carboxylic acids is 1. The number of nitrogens with two attached hydrogens (primary N) is 1. The zero-order chi connectivity index (χ0) is 12.3. The normalized spacial score (nSPS) is 18.8. The van der Waals surface area contributed by atoms with Gasteiger partial charge in [-0.05, 0) is 12.5 Å². The molecule has 92 valence electrons. The Hall–Kier alpha value is -1.39. The van der Waals surface area contributed by atoms with Gasteiger partial charge in [-0.2, -0.15) is 0 Å². The molecular formula is C13H19N3O. The minimum atomic E-state index is -0.0264. The molecule has 2 rings (SSSR count). The summed E-state index contributed by atoms with van der Waals surface area (Å²) >= 11 is 0. The molecule has 1 fully saturated rings. The van der Waals surface area contributed by atoms with Gasteiger partial charge in [-0.25, -0.2) is 0 Å². The molecule has 0 spiro atoms. The van der Waals surface area contributed by atoms with Gasteiger partial charge in [0.05, 0.1) is 6.54 Å². The van der Waals surface area contributed by atoms with E-state index in [4.69, 9.17) is 5.73 Å². The van der Waals surface area contributed by atoms with E-state index in [0.29, 0.717) is 6.54 Å². The van der Waals surface area contributed by atoms with E-state index in [2.05, 4.69) is 41.4 Å². The van der Waals surface area contributed by atoms with Gasteiger partial charge in [0.25, 0.3) is 0 Å². The summed E-state index contributed by atoms with van der Waals surface area (Å²) in [5.74, 6) is 0.0901. The number of hydrogen-bond donors (Lipinski definition) is 2. The Morgan fingerprint density at radius 1 is 1.41 bits per heavy atom. The molecule has 1 atom stereocenters. The van der Waals surface area contributed by atoms with Crippen LogP contribution in [0.5, 0.6) is 0 Å². The first-order chi connectivity index (χ1) is 8.15. The average Bonchev–Trinajstić information content (AvgIpc) is 2.29. The van der Waals surface area contributed by atoms with Crippen LogP contribution in [0, 0.1) is 6.92 Å². The zero-order valence-corrected chi connectivity index (χ0v) is 10.1. The van der Waals surface area contributed by atoms with Crippen molar-refractivity contribution in [3.63, 3.8) is 0 Å². The topological polar surface area (TPSA) is 58.4 Å². The lowest BCUT2D eigenvalue weighted by Gasteiger charge is -2.28. The van der Waals surface area contributed by atoms with E-state index in [1.165, 1.54) is 5.56 Å². The minimum absolute atomic E-state index is 0.0264. The largest absolute Gasteiger partial charge is 0.354 e. The Balaban J connectivity index is 1.94. The molecule has 17 heavy (non-hydrogen) atoms. The SMILES string of the molecule is Cc1ccc(C(N)CN2CCNC(=O)C2)cc1. The molecule has 1 amide bonds. The summed E-state index contributed by atoms with van der Waals surface area (Å²) < 4.78 is 0. The van der Waals surface area contributed by atoms with Gasteiger partial charge in [0.2, 0.25) is 5.91 Å². The number of amides is 1. The molecule has 3 N–H and O–H groups in total. The van der Waals surface area contributed by atoms with Gasteiger partial charge in [0.1, 0.15) is 0 Å². The smallest absolute Gasteiger partial charge is 0.234 e. The summed E-state index contributed by atoms with van der Waals surface area (Å²) in [6.45, 7) is 4.85. The number of piperazine rings is 1. The standard InChI is InChI=1S/C13H19N3O/c1-10-2-4-11(5-3-10)12(14)8-16-7-6-15-13(17)9-16/h2-5,12H,6-9,14H2,1H3,(H,15,17). The molecule has 0 saturated carbocycles. The summed E-state index contributed by atoms with van der Waals surface area (Å²) in [4.78, 5) is 13.3. The predicted octanol–water partition coefficient (Wildman–Crippen LogP) is 0.427. The predicted molar refractivity (Wildman–Crippen MR) is 67.6 cm³/mol. The molecule has 1 aromatic carbocycles. The van der Waals surface area contributed by atoms with Crippen LogP contribution in [0.15, 0.2) is 24.3 Å². The highest BCUT2D eigenvalue weighted by Gasteiger charge is 2.18. The van der Waals surface area contributed by atoms with Crippen LogP contribution in [0.2, 0.25) is 0 Å². The number of aryl methyl sites for hydroxylation is 1. The number of benzene rings is 1. The summed E-state index contributed by atoms with van der Waals surface area (Å²) in [6.07, 6.45) is 0. The fraction of sp³-hybridized carbons (Fsp3) is 0.462. The maximum Gasteiger partial charge on any atom is 0.234 e. The quantitative estimate of drug-likeness (QED) is 0.796. The fourth-order valence-electron chi connectivity index (χ4n) is 2.04. The van der Waals surface area contributed by atoms with Gasteiger partial charge < -0.3 is 11.1 Å². The van der Waals surface area contributed by atoms with Crippen molar-refractivity contribution in [3.8, 4) is 0 Å². The van der Waals surface area contributed by atoms with Gasteiger partial charge in [0, 0.05) is 25.7 Å². The second-order valence-corrected chi connectivity index (χ2v) is 4.60. The number of rotatable bonds is 3. The van der Waals surface area contributed by atoms with Crippen LogP contribution in [-0.4, -0.2) is 37.0 Å². The maximum atomic E-state index is 11.2. The molecule has 1 heterocycles. The van der Waals surface area contributed by atoms with Crippen LogP contribution in [0.25, 0.3) is 0 Å². The van der Waals surface area contributed by atoms with E-state index in [9.17, 15) is 4.79 Å². The molecule has 1 aromatic rings. The molecule has 0 aliphatic carbocycles. The van der Waals surface area contributed by atoms with Gasteiger partial charge in [-0.3, -0.25) is 9.69 Å². The lowest BCUT2D eigenvalue weighted by atomic mass is 10.1. The van der Waals surface area contributed by atoms with Gasteiger partial charge in [-0.15, -0.1) is 0 Å². The molecule has 1 aliphatic heterocycles. The van der Waals surface area contributed by atoms with Crippen LogP contribution in [0.1, 0.15) is 17.2 Å². The second-order valence-electron chi connectivity index (χ2n) is 4.60. The third-order valence-electron chi connectivity index (χ3n) is 3.08. The summed E-state index contributed by atoms with van der Waals surface area (Å²) in [6, 6.07) is 8.23. The zero-order valence-electron chi connectivity index (χ0n) is 10.1. The van der Waals surface area contributed by atoms with E-state index in [-0.39, 0.29) is 11.9 Å². The van der Waals surface area contributed by atoms with Gasteiger partial charge in [0.15, 0.2) is 0 Å². The monoisotopic (exact) mass is 233 g/mol. The first kappa shape index (κ1) is 12.1. The first-order valence-corrected chi connectivity index (χ1v) is 5.96. The van der Waals surface area contributed by atoms with Crippen molar-refractivity contribution >= 4 is 5.91 Å². The van der Waals surface area contributed by atoms with Crippen LogP contribution in [0.3, 0.4) is 0 Å². The number of nitrogens with one attached hydrogen (secondary N) is 1. The van der Waals surface area contributed by atoms with Crippen LogP contribution < -0.4 is 11.1 Å². The van der Waals surface area contributed by atoms with Crippen molar-refractivity contribution in [2.45, 2.75) is 13.0 Å². The van der Waals surface area contributed by atoms with Crippen molar-refractivity contribution in [2.75, 3.05) is 26.2 Å². The van der Waals surface area contributed by atoms with Crippen LogP contribution >= 0.6 is 0 Å². The Morgan fingerprint density at radius 2 is 2.12 bits per heavy atom. The third-order valence-corrected chi connectivity index (χ3v) is 3.08. The summed E-state index contributed by atoms with van der Waals surface area (Å²) in [7, 11) is 0. The Bertz CT molecular complexity index is 388. The molecule has 1 saturated heterocycles. The molecule has 4 nitrogen and oxygen atoms in total. The summed E-state index contributed by atoms with van der Waals surface area (Å²) in [5, 5.41) is 2.81. The van der Waals surface area contributed by atoms with Crippen molar-refractivity contribution in [1.29, 1.82) is 0 Å². The molecule has 0 radical (unpaired) electrons. The molecule has 0 bridgehead atoms. The average molecular weight is 233 g/mol. The van der Waals surface area contributed by atoms with E-state index >= 15 is 0 Å². The van der Waals surface area contributed by atoms with Crippen molar-refractivity contribution < 1.29 is 4.79 Å². The van der Waals surface area contributed by atoms with Gasteiger partial charge >= 0.3 is 0 Å². The van der Waals surface area contributed by atoms with E-state index in [1.54, 1.807) is 0 Å². The number of hydrogen-bond acceptors (Lipinski definition) is 3. The highest BCUT2D eigenvalue weighted by molar-refractivity contribution is 5.78. The molecular weight excluding hydrogens is 214 g/mol. The number of nitrogens with zero attached hydrogens (tertiary/aromatic N) is 1. The van der Waals surface area contributed by atoms with Crippen molar-refractivity contribution in [2.24, 2.45) is 5.73 Å². The Labute approximate surface area is 102 Å². The van der Waals surface area contributed by atoms with Crippen molar-refractivity contribution in [3.05, 3.63) is 35.4 Å². The highest BCUT2D eigenvalue weighted by Crippen LogP contribution is 2.13. The third kappa shape index (κ3) is 3.28. The second kappa shape index (κ2) is 5.29.